The first-order valence-corrected chi connectivity index (χ1v) is 12.1. The Balaban J connectivity index is 1.41. The van der Waals surface area contributed by atoms with Crippen molar-refractivity contribution in [2.45, 2.75) is 62.8 Å². The highest BCUT2D eigenvalue weighted by atomic mass is 32.2. The zero-order valence-electron chi connectivity index (χ0n) is 16.7. The van der Waals surface area contributed by atoms with Gasteiger partial charge in [0.1, 0.15) is 5.82 Å². The summed E-state index contributed by atoms with van der Waals surface area (Å²) in [4.78, 5) is 0.179. The van der Waals surface area contributed by atoms with Crippen molar-refractivity contribution in [2.24, 2.45) is 5.92 Å². The van der Waals surface area contributed by atoms with E-state index < -0.39 is 15.8 Å². The van der Waals surface area contributed by atoms with Crippen molar-refractivity contribution in [1.82, 2.24) is 5.32 Å². The Labute approximate surface area is 173 Å². The van der Waals surface area contributed by atoms with Gasteiger partial charge in [-0.15, -0.1) is 0 Å². The molecule has 1 saturated carbocycles. The quantitative estimate of drug-likeness (QED) is 0.683. The summed E-state index contributed by atoms with van der Waals surface area (Å²) in [6, 6.07) is 9.95. The molecule has 1 aliphatic heterocycles. The van der Waals surface area contributed by atoms with Crippen molar-refractivity contribution in [3.05, 3.63) is 58.9 Å². The molecule has 2 N–H and O–H groups in total. The molecule has 1 aliphatic carbocycles. The summed E-state index contributed by atoms with van der Waals surface area (Å²) in [5.41, 5.74) is 3.07. The van der Waals surface area contributed by atoms with E-state index in [-0.39, 0.29) is 10.6 Å². The smallest absolute Gasteiger partial charge is 0.261 e. The molecule has 6 heteroatoms. The Morgan fingerprint density at radius 2 is 1.90 bits per heavy atom. The second kappa shape index (κ2) is 8.84. The number of nitrogens with one attached hydrogen (secondary N) is 2. The van der Waals surface area contributed by atoms with Gasteiger partial charge in [-0.2, -0.15) is 0 Å². The van der Waals surface area contributed by atoms with Gasteiger partial charge in [-0.1, -0.05) is 44.2 Å². The average Bonchev–Trinajstić information content (AvgIpc) is 3.23. The maximum atomic E-state index is 14.6. The molecular weight excluding hydrogens is 387 g/mol. The van der Waals surface area contributed by atoms with Gasteiger partial charge in [-0.05, 0) is 72.7 Å². The molecule has 2 aromatic rings. The van der Waals surface area contributed by atoms with E-state index in [4.69, 9.17) is 0 Å². The van der Waals surface area contributed by atoms with E-state index in [0.29, 0.717) is 0 Å². The summed E-state index contributed by atoms with van der Waals surface area (Å²) in [6.07, 6.45) is 9.22. The lowest BCUT2D eigenvalue weighted by molar-refractivity contribution is 0.483. The van der Waals surface area contributed by atoms with Gasteiger partial charge >= 0.3 is 0 Å². The van der Waals surface area contributed by atoms with Crippen LogP contribution in [0.5, 0.6) is 0 Å². The second-order valence-electron chi connectivity index (χ2n) is 8.32. The minimum absolute atomic E-state index is 0.00364. The molecule has 2 aromatic carbocycles. The van der Waals surface area contributed by atoms with Crippen LogP contribution in [0.1, 0.15) is 55.2 Å². The average molecular weight is 417 g/mol. The van der Waals surface area contributed by atoms with Crippen LogP contribution >= 0.6 is 0 Å². The van der Waals surface area contributed by atoms with Crippen LogP contribution in [0.3, 0.4) is 0 Å². The summed E-state index contributed by atoms with van der Waals surface area (Å²) in [5, 5.41) is 3.27. The molecule has 0 unspecified atom stereocenters. The highest BCUT2D eigenvalue weighted by Crippen LogP contribution is 2.29. The summed E-state index contributed by atoms with van der Waals surface area (Å²) in [7, 11) is -3.82. The van der Waals surface area contributed by atoms with Gasteiger partial charge < -0.3 is 5.32 Å². The number of halogens is 1. The lowest BCUT2D eigenvalue weighted by Gasteiger charge is -2.18. The number of aryl methyl sites for hydroxylation is 1. The fourth-order valence-electron chi connectivity index (χ4n) is 4.52. The zero-order valence-corrected chi connectivity index (χ0v) is 17.5. The SMILES string of the molecule is O=S(=O)(Nc1ccc(CCCC2CCCC2)cc1F)c1ccc2c(c1)CCNC2. The first kappa shape index (κ1) is 20.4. The predicted octanol–water partition coefficient (Wildman–Crippen LogP) is 4.79. The summed E-state index contributed by atoms with van der Waals surface area (Å²) < 4.78 is 42.5. The van der Waals surface area contributed by atoms with E-state index in [9.17, 15) is 12.8 Å². The number of benzene rings is 2. The molecule has 0 radical (unpaired) electrons. The van der Waals surface area contributed by atoms with Crippen LogP contribution < -0.4 is 10.0 Å². The lowest BCUT2D eigenvalue weighted by Crippen LogP contribution is -2.24. The Kier molecular flexibility index (Phi) is 6.20. The molecule has 0 bridgehead atoms. The first-order valence-electron chi connectivity index (χ1n) is 10.6. The molecule has 4 rings (SSSR count). The Morgan fingerprint density at radius 3 is 2.69 bits per heavy atom. The molecular formula is C23H29FN2O2S. The van der Waals surface area contributed by atoms with Crippen molar-refractivity contribution in [3.63, 3.8) is 0 Å². The van der Waals surface area contributed by atoms with E-state index >= 15 is 0 Å². The number of sulfonamides is 1. The highest BCUT2D eigenvalue weighted by molar-refractivity contribution is 7.92. The molecule has 29 heavy (non-hydrogen) atoms. The third kappa shape index (κ3) is 4.98. The van der Waals surface area contributed by atoms with Gasteiger partial charge in [0, 0.05) is 6.54 Å². The second-order valence-corrected chi connectivity index (χ2v) is 10.0. The Bertz CT molecular complexity index is 969. The molecule has 0 spiro atoms. The lowest BCUT2D eigenvalue weighted by atomic mass is 9.98. The van der Waals surface area contributed by atoms with Crippen molar-refractivity contribution in [1.29, 1.82) is 0 Å². The van der Waals surface area contributed by atoms with Gasteiger partial charge in [-0.25, -0.2) is 12.8 Å². The summed E-state index contributed by atoms with van der Waals surface area (Å²) in [5.74, 6) is 0.312. The maximum Gasteiger partial charge on any atom is 0.261 e. The van der Waals surface area contributed by atoms with Crippen molar-refractivity contribution < 1.29 is 12.8 Å². The minimum atomic E-state index is -3.82. The van der Waals surface area contributed by atoms with Crippen LogP contribution in [-0.4, -0.2) is 15.0 Å². The van der Waals surface area contributed by atoms with Crippen LogP contribution in [0.2, 0.25) is 0 Å². The normalized spacial score (nSPS) is 17.3. The Hall–Kier alpha value is -1.92. The summed E-state index contributed by atoms with van der Waals surface area (Å²) in [6.45, 7) is 1.58. The molecule has 4 nitrogen and oxygen atoms in total. The van der Waals surface area contributed by atoms with Crippen LogP contribution in [-0.2, 0) is 29.4 Å². The van der Waals surface area contributed by atoms with E-state index in [2.05, 4.69) is 10.0 Å². The number of fused-ring (bicyclic) bond motifs is 1. The number of anilines is 1. The number of rotatable bonds is 7. The van der Waals surface area contributed by atoms with E-state index in [0.717, 1.165) is 55.0 Å². The standard InChI is InChI=1S/C23H29FN2O2S/c24-22-14-18(7-3-6-17-4-1-2-5-17)8-11-23(22)26-29(27,28)21-10-9-20-16-25-13-12-19(20)15-21/h8-11,14-15,17,25-26H,1-7,12-13,16H2. The molecule has 1 heterocycles. The van der Waals surface area contributed by atoms with Crippen molar-refractivity contribution in [3.8, 4) is 0 Å². The minimum Gasteiger partial charge on any atom is -0.312 e. The number of hydrogen-bond donors (Lipinski definition) is 2. The predicted molar refractivity (Wildman–Crippen MR) is 114 cm³/mol. The van der Waals surface area contributed by atoms with Crippen molar-refractivity contribution >= 4 is 15.7 Å². The van der Waals surface area contributed by atoms with Gasteiger partial charge in [-0.3, -0.25) is 4.72 Å². The fourth-order valence-corrected chi connectivity index (χ4v) is 5.63. The van der Waals surface area contributed by atoms with E-state index in [1.54, 1.807) is 18.2 Å². The molecule has 156 valence electrons. The molecule has 0 saturated heterocycles. The zero-order chi connectivity index (χ0) is 20.3. The molecule has 2 aliphatic rings. The van der Waals surface area contributed by atoms with E-state index in [1.165, 1.54) is 38.2 Å². The molecule has 0 amide bonds. The highest BCUT2D eigenvalue weighted by Gasteiger charge is 2.19. The molecule has 0 aromatic heterocycles. The van der Waals surface area contributed by atoms with Crippen LogP contribution in [0.25, 0.3) is 0 Å². The van der Waals surface area contributed by atoms with Crippen LogP contribution in [0, 0.1) is 11.7 Å². The molecule has 0 atom stereocenters. The van der Waals surface area contributed by atoms with Crippen LogP contribution in [0.15, 0.2) is 41.3 Å². The third-order valence-electron chi connectivity index (χ3n) is 6.20. The van der Waals surface area contributed by atoms with Gasteiger partial charge in [0.15, 0.2) is 0 Å². The largest absolute Gasteiger partial charge is 0.312 e. The fraction of sp³-hybridized carbons (Fsp3) is 0.478. The van der Waals surface area contributed by atoms with Gasteiger partial charge in [0.05, 0.1) is 10.6 Å². The number of hydrogen-bond acceptors (Lipinski definition) is 3. The van der Waals surface area contributed by atoms with Crippen LogP contribution in [0.4, 0.5) is 10.1 Å². The summed E-state index contributed by atoms with van der Waals surface area (Å²) >= 11 is 0. The first-order chi connectivity index (χ1) is 14.0. The van der Waals surface area contributed by atoms with Gasteiger partial charge in [0.25, 0.3) is 10.0 Å². The van der Waals surface area contributed by atoms with Gasteiger partial charge in [0.2, 0.25) is 0 Å². The Morgan fingerprint density at radius 1 is 1.07 bits per heavy atom. The maximum absolute atomic E-state index is 14.6. The molecule has 1 fully saturated rings. The van der Waals surface area contributed by atoms with E-state index in [1.807, 2.05) is 12.1 Å². The monoisotopic (exact) mass is 416 g/mol. The van der Waals surface area contributed by atoms with Crippen molar-refractivity contribution in [2.75, 3.05) is 11.3 Å². The third-order valence-corrected chi connectivity index (χ3v) is 7.57. The topological polar surface area (TPSA) is 58.2 Å².